The summed E-state index contributed by atoms with van der Waals surface area (Å²) >= 11 is 0. The van der Waals surface area contributed by atoms with Crippen LogP contribution in [0.5, 0.6) is 0 Å². The third-order valence-electron chi connectivity index (χ3n) is 4.70. The van der Waals surface area contributed by atoms with Crippen molar-refractivity contribution in [3.05, 3.63) is 29.2 Å². The zero-order valence-electron chi connectivity index (χ0n) is 14.7. The lowest BCUT2D eigenvalue weighted by atomic mass is 10.1. The molecule has 1 aromatic heterocycles. The van der Waals surface area contributed by atoms with E-state index in [1.54, 1.807) is 0 Å². The number of fused-ring (bicyclic) bond motifs is 1. The van der Waals surface area contributed by atoms with Crippen LogP contribution in [0.4, 0.5) is 5.82 Å². The Labute approximate surface area is 144 Å². The Morgan fingerprint density at radius 1 is 1.17 bits per heavy atom. The quantitative estimate of drug-likeness (QED) is 0.789. The number of anilines is 1. The average molecular weight is 331 g/mol. The molecule has 24 heavy (non-hydrogen) atoms. The van der Waals surface area contributed by atoms with Crippen molar-refractivity contribution in [1.82, 2.24) is 14.9 Å². The number of nitrogens with two attached hydrogens (primary N) is 1. The Kier molecular flexibility index (Phi) is 6.18. The second kappa shape index (κ2) is 8.55. The Hall–Kier alpha value is -1.50. The lowest BCUT2D eigenvalue weighted by Gasteiger charge is -2.27. The molecule has 6 heteroatoms. The Morgan fingerprint density at radius 2 is 2.04 bits per heavy atom. The summed E-state index contributed by atoms with van der Waals surface area (Å²) in [6.07, 6.45) is 7.53. The van der Waals surface area contributed by atoms with Gasteiger partial charge in [0.1, 0.15) is 12.4 Å². The van der Waals surface area contributed by atoms with Gasteiger partial charge in [-0.15, -0.1) is 0 Å². The van der Waals surface area contributed by atoms with Crippen molar-refractivity contribution < 1.29 is 4.74 Å². The number of nitrogens with zero attached hydrogens (tertiary/aromatic N) is 4. The van der Waals surface area contributed by atoms with E-state index in [0.29, 0.717) is 19.8 Å². The van der Waals surface area contributed by atoms with E-state index in [1.807, 2.05) is 6.92 Å². The maximum absolute atomic E-state index is 5.74. The van der Waals surface area contributed by atoms with E-state index in [2.05, 4.69) is 22.0 Å². The molecule has 0 aliphatic carbocycles. The molecular formula is C18H29N5O. The number of hydrogen-bond donors (Lipinski definition) is 1. The van der Waals surface area contributed by atoms with Crippen LogP contribution >= 0.6 is 0 Å². The maximum Gasteiger partial charge on any atom is 0.156 e. The summed E-state index contributed by atoms with van der Waals surface area (Å²) < 4.78 is 5.56. The number of rotatable bonds is 6. The summed E-state index contributed by atoms with van der Waals surface area (Å²) in [7, 11) is 0. The lowest BCUT2D eigenvalue weighted by Crippen LogP contribution is -2.32. The highest BCUT2D eigenvalue weighted by Crippen LogP contribution is 2.26. The first-order valence-electron chi connectivity index (χ1n) is 9.10. The number of aromatic nitrogens is 2. The molecule has 2 aliphatic heterocycles. The van der Waals surface area contributed by atoms with Crippen LogP contribution in [0, 0.1) is 0 Å². The molecule has 1 aromatic rings. The summed E-state index contributed by atoms with van der Waals surface area (Å²) in [5.41, 5.74) is 8.26. The van der Waals surface area contributed by atoms with E-state index in [1.165, 1.54) is 11.3 Å². The van der Waals surface area contributed by atoms with E-state index in [4.69, 9.17) is 20.4 Å². The first-order chi connectivity index (χ1) is 11.8. The first-order valence-corrected chi connectivity index (χ1v) is 9.10. The molecular weight excluding hydrogens is 302 g/mol. The molecule has 0 aromatic carbocycles. The molecule has 3 heterocycles. The lowest BCUT2D eigenvalue weighted by molar-refractivity contribution is 0.128. The van der Waals surface area contributed by atoms with Crippen molar-refractivity contribution in [2.75, 3.05) is 50.8 Å². The van der Waals surface area contributed by atoms with Gasteiger partial charge in [0.05, 0.1) is 5.69 Å². The van der Waals surface area contributed by atoms with Crippen molar-refractivity contribution in [2.45, 2.75) is 32.8 Å². The van der Waals surface area contributed by atoms with Crippen molar-refractivity contribution >= 4 is 5.82 Å². The topological polar surface area (TPSA) is 67.5 Å². The van der Waals surface area contributed by atoms with Gasteiger partial charge in [-0.2, -0.15) is 0 Å². The molecule has 0 spiro atoms. The van der Waals surface area contributed by atoms with Gasteiger partial charge in [0.2, 0.25) is 0 Å². The highest BCUT2D eigenvalue weighted by Gasteiger charge is 2.23. The SMILES string of the molecule is CCOCc1nc2c(c(N3CC=CCC3)n1)CCN(CCN)CC2. The predicted molar refractivity (Wildman–Crippen MR) is 96.2 cm³/mol. The summed E-state index contributed by atoms with van der Waals surface area (Å²) in [6.45, 7) is 8.87. The van der Waals surface area contributed by atoms with Gasteiger partial charge in [-0.1, -0.05) is 12.2 Å². The Bertz CT molecular complexity index is 575. The summed E-state index contributed by atoms with van der Waals surface area (Å²) in [5.74, 6) is 1.93. The maximum atomic E-state index is 5.74. The molecule has 0 saturated heterocycles. The monoisotopic (exact) mass is 331 g/mol. The van der Waals surface area contributed by atoms with Gasteiger partial charge in [0, 0.05) is 57.9 Å². The van der Waals surface area contributed by atoms with Crippen LogP contribution in [0.2, 0.25) is 0 Å². The molecule has 0 atom stereocenters. The molecule has 3 rings (SSSR count). The van der Waals surface area contributed by atoms with Crippen LogP contribution in [-0.4, -0.2) is 60.7 Å². The van der Waals surface area contributed by atoms with E-state index >= 15 is 0 Å². The van der Waals surface area contributed by atoms with Gasteiger partial charge in [0.25, 0.3) is 0 Å². The zero-order chi connectivity index (χ0) is 16.8. The third-order valence-corrected chi connectivity index (χ3v) is 4.70. The third kappa shape index (κ3) is 4.12. The van der Waals surface area contributed by atoms with Gasteiger partial charge in [0.15, 0.2) is 5.82 Å². The average Bonchev–Trinajstić information content (AvgIpc) is 2.83. The van der Waals surface area contributed by atoms with Crippen molar-refractivity contribution in [1.29, 1.82) is 0 Å². The molecule has 132 valence electrons. The van der Waals surface area contributed by atoms with Crippen LogP contribution in [-0.2, 0) is 24.2 Å². The van der Waals surface area contributed by atoms with Crippen LogP contribution in [0.1, 0.15) is 30.4 Å². The summed E-state index contributed by atoms with van der Waals surface area (Å²) in [5, 5.41) is 0. The van der Waals surface area contributed by atoms with Crippen molar-refractivity contribution in [2.24, 2.45) is 5.73 Å². The first kappa shape index (κ1) is 17.3. The van der Waals surface area contributed by atoms with Gasteiger partial charge in [-0.05, 0) is 19.8 Å². The van der Waals surface area contributed by atoms with E-state index in [-0.39, 0.29) is 0 Å². The Morgan fingerprint density at radius 3 is 2.79 bits per heavy atom. The van der Waals surface area contributed by atoms with Crippen molar-refractivity contribution in [3.63, 3.8) is 0 Å². The van der Waals surface area contributed by atoms with Gasteiger partial charge >= 0.3 is 0 Å². The van der Waals surface area contributed by atoms with Crippen molar-refractivity contribution in [3.8, 4) is 0 Å². The fourth-order valence-corrected chi connectivity index (χ4v) is 3.43. The molecule has 0 saturated carbocycles. The van der Waals surface area contributed by atoms with Crippen LogP contribution in [0.15, 0.2) is 12.2 Å². The highest BCUT2D eigenvalue weighted by molar-refractivity contribution is 5.51. The molecule has 2 N–H and O–H groups in total. The van der Waals surface area contributed by atoms with Gasteiger partial charge < -0.3 is 20.3 Å². The number of ether oxygens (including phenoxy) is 1. The van der Waals surface area contributed by atoms with Crippen LogP contribution < -0.4 is 10.6 Å². The van der Waals surface area contributed by atoms with Gasteiger partial charge in [-0.3, -0.25) is 0 Å². The normalized spacial score (nSPS) is 18.5. The fraction of sp³-hybridized carbons (Fsp3) is 0.667. The standard InChI is InChI=1S/C18H29N5O/c1-2-24-14-17-20-16-7-12-22(13-8-19)11-6-15(16)18(21-17)23-9-4-3-5-10-23/h3-4H,2,5-14,19H2,1H3. The molecule has 6 nitrogen and oxygen atoms in total. The highest BCUT2D eigenvalue weighted by atomic mass is 16.5. The largest absolute Gasteiger partial charge is 0.374 e. The summed E-state index contributed by atoms with van der Waals surface area (Å²) in [6, 6.07) is 0. The molecule has 0 bridgehead atoms. The van der Waals surface area contributed by atoms with Crippen LogP contribution in [0.25, 0.3) is 0 Å². The van der Waals surface area contributed by atoms with Gasteiger partial charge in [-0.25, -0.2) is 9.97 Å². The van der Waals surface area contributed by atoms with E-state index < -0.39 is 0 Å². The smallest absolute Gasteiger partial charge is 0.156 e. The summed E-state index contributed by atoms with van der Waals surface area (Å²) in [4.78, 5) is 14.5. The second-order valence-electron chi connectivity index (χ2n) is 6.36. The predicted octanol–water partition coefficient (Wildman–Crippen LogP) is 1.14. The zero-order valence-corrected chi connectivity index (χ0v) is 14.7. The molecule has 0 fully saturated rings. The molecule has 0 unspecified atom stereocenters. The van der Waals surface area contributed by atoms with E-state index in [9.17, 15) is 0 Å². The van der Waals surface area contributed by atoms with Crippen LogP contribution in [0.3, 0.4) is 0 Å². The number of hydrogen-bond acceptors (Lipinski definition) is 6. The fourth-order valence-electron chi connectivity index (χ4n) is 3.43. The Balaban J connectivity index is 1.89. The second-order valence-corrected chi connectivity index (χ2v) is 6.36. The molecule has 0 amide bonds. The van der Waals surface area contributed by atoms with E-state index in [0.717, 1.165) is 63.6 Å². The molecule has 0 radical (unpaired) electrons. The minimum Gasteiger partial charge on any atom is -0.374 e. The molecule has 2 aliphatic rings. The minimum absolute atomic E-state index is 0.493. The minimum atomic E-state index is 0.493.